The summed E-state index contributed by atoms with van der Waals surface area (Å²) in [7, 11) is 0. The zero-order chi connectivity index (χ0) is 12.6. The van der Waals surface area contributed by atoms with Gasteiger partial charge in [0.2, 0.25) is 0 Å². The molecule has 0 aliphatic heterocycles. The van der Waals surface area contributed by atoms with Crippen LogP contribution in [0.25, 0.3) is 0 Å². The van der Waals surface area contributed by atoms with Crippen molar-refractivity contribution in [2.24, 2.45) is 0 Å². The highest BCUT2D eigenvalue weighted by Crippen LogP contribution is 2.27. The highest BCUT2D eigenvalue weighted by molar-refractivity contribution is 5.25. The van der Waals surface area contributed by atoms with Crippen molar-refractivity contribution in [1.29, 1.82) is 0 Å². The first-order valence-corrected chi connectivity index (χ1v) is 7.20. The van der Waals surface area contributed by atoms with Crippen LogP contribution in [0.3, 0.4) is 0 Å². The maximum Gasteiger partial charge on any atom is 0.0605 e. The number of pyridine rings is 1. The van der Waals surface area contributed by atoms with Crippen molar-refractivity contribution < 1.29 is 5.11 Å². The van der Waals surface area contributed by atoms with E-state index in [-0.39, 0.29) is 0 Å². The molecule has 3 heteroatoms. The van der Waals surface area contributed by atoms with Crippen molar-refractivity contribution in [3.63, 3.8) is 0 Å². The number of nitrogens with zero attached hydrogens (tertiary/aromatic N) is 1. The van der Waals surface area contributed by atoms with Crippen molar-refractivity contribution in [2.75, 3.05) is 13.2 Å². The number of fused-ring (bicyclic) bond motifs is 1. The fourth-order valence-electron chi connectivity index (χ4n) is 2.67. The summed E-state index contributed by atoms with van der Waals surface area (Å²) >= 11 is 0. The van der Waals surface area contributed by atoms with Gasteiger partial charge in [-0.3, -0.25) is 4.98 Å². The van der Waals surface area contributed by atoms with E-state index in [0.29, 0.717) is 12.6 Å². The van der Waals surface area contributed by atoms with Gasteiger partial charge in [0.25, 0.3) is 0 Å². The lowest BCUT2D eigenvalue weighted by Gasteiger charge is -2.25. The van der Waals surface area contributed by atoms with E-state index in [2.05, 4.69) is 16.4 Å². The molecule has 1 aliphatic rings. The summed E-state index contributed by atoms with van der Waals surface area (Å²) in [4.78, 5) is 4.53. The Morgan fingerprint density at radius 2 is 2.17 bits per heavy atom. The molecule has 0 aromatic carbocycles. The van der Waals surface area contributed by atoms with E-state index in [0.717, 1.165) is 19.4 Å². The Hall–Kier alpha value is -0.930. The predicted molar refractivity (Wildman–Crippen MR) is 73.5 cm³/mol. The van der Waals surface area contributed by atoms with E-state index >= 15 is 0 Å². The molecule has 3 nitrogen and oxygen atoms in total. The fraction of sp³-hybridized carbons (Fsp3) is 0.667. The molecule has 1 aliphatic carbocycles. The number of hydrogen-bond acceptors (Lipinski definition) is 3. The van der Waals surface area contributed by atoms with Crippen LogP contribution in [-0.4, -0.2) is 23.2 Å². The maximum atomic E-state index is 8.71. The molecule has 1 unspecified atom stereocenters. The van der Waals surface area contributed by atoms with Gasteiger partial charge in [0.05, 0.1) is 5.69 Å². The zero-order valence-corrected chi connectivity index (χ0v) is 11.1. The Morgan fingerprint density at radius 1 is 1.28 bits per heavy atom. The Labute approximate surface area is 110 Å². The molecule has 0 bridgehead atoms. The van der Waals surface area contributed by atoms with Gasteiger partial charge in [-0.15, -0.1) is 0 Å². The molecule has 0 amide bonds. The van der Waals surface area contributed by atoms with E-state index < -0.39 is 0 Å². The molecule has 1 aromatic rings. The average molecular weight is 248 g/mol. The topological polar surface area (TPSA) is 45.1 Å². The van der Waals surface area contributed by atoms with E-state index in [1.54, 1.807) is 0 Å². The summed E-state index contributed by atoms with van der Waals surface area (Å²) in [6.45, 7) is 1.39. The molecule has 18 heavy (non-hydrogen) atoms. The average Bonchev–Trinajstić information content (AvgIpc) is 2.43. The molecule has 2 N–H and O–H groups in total. The van der Waals surface area contributed by atoms with Crippen molar-refractivity contribution in [3.05, 3.63) is 29.6 Å². The summed E-state index contributed by atoms with van der Waals surface area (Å²) in [5.74, 6) is 0. The molecule has 0 radical (unpaired) electrons. The summed E-state index contributed by atoms with van der Waals surface area (Å²) in [6.07, 6.45) is 10.0. The molecule has 0 saturated carbocycles. The molecule has 0 spiro atoms. The smallest absolute Gasteiger partial charge is 0.0605 e. The minimum absolute atomic E-state index is 0.327. The molecule has 1 heterocycles. The molecule has 2 rings (SSSR count). The van der Waals surface area contributed by atoms with Crippen LogP contribution in [0.15, 0.2) is 18.3 Å². The van der Waals surface area contributed by atoms with Crippen LogP contribution < -0.4 is 5.32 Å². The normalized spacial score (nSPS) is 18.6. The third kappa shape index (κ3) is 3.79. The number of aliphatic hydroxyl groups is 1. The lowest BCUT2D eigenvalue weighted by atomic mass is 9.92. The number of nitrogens with one attached hydrogen (secondary N) is 1. The molecule has 1 atom stereocenters. The van der Waals surface area contributed by atoms with Crippen LogP contribution in [0.5, 0.6) is 0 Å². The van der Waals surface area contributed by atoms with Crippen molar-refractivity contribution in [2.45, 2.75) is 51.0 Å². The van der Waals surface area contributed by atoms with Crippen LogP contribution in [0, 0.1) is 0 Å². The third-order valence-electron chi connectivity index (χ3n) is 3.67. The molecule has 1 aromatic heterocycles. The van der Waals surface area contributed by atoms with E-state index in [4.69, 9.17) is 5.11 Å². The van der Waals surface area contributed by atoms with E-state index in [1.807, 2.05) is 12.3 Å². The predicted octanol–water partition coefficient (Wildman–Crippen LogP) is 2.60. The molecular weight excluding hydrogens is 224 g/mol. The summed E-state index contributed by atoms with van der Waals surface area (Å²) in [6, 6.07) is 4.70. The Morgan fingerprint density at radius 3 is 3.06 bits per heavy atom. The Balaban J connectivity index is 1.74. The van der Waals surface area contributed by atoms with Gasteiger partial charge in [0.15, 0.2) is 0 Å². The summed E-state index contributed by atoms with van der Waals surface area (Å²) < 4.78 is 0. The number of hydrogen-bond donors (Lipinski definition) is 2. The van der Waals surface area contributed by atoms with Gasteiger partial charge in [-0.25, -0.2) is 0 Å². The number of rotatable bonds is 7. The number of unbranched alkanes of at least 4 members (excludes halogenated alkanes) is 3. The minimum atomic E-state index is 0.327. The van der Waals surface area contributed by atoms with Crippen LogP contribution in [0.1, 0.15) is 55.8 Å². The quantitative estimate of drug-likeness (QED) is 0.729. The first-order valence-electron chi connectivity index (χ1n) is 7.20. The zero-order valence-electron chi connectivity index (χ0n) is 11.1. The highest BCUT2D eigenvalue weighted by atomic mass is 16.2. The second kappa shape index (κ2) is 7.49. The third-order valence-corrected chi connectivity index (χ3v) is 3.67. The molecule has 0 saturated heterocycles. The first-order chi connectivity index (χ1) is 8.92. The van der Waals surface area contributed by atoms with Gasteiger partial charge in [0, 0.05) is 18.8 Å². The van der Waals surface area contributed by atoms with Crippen LogP contribution in [-0.2, 0) is 6.42 Å². The lowest BCUT2D eigenvalue weighted by molar-refractivity contribution is 0.282. The van der Waals surface area contributed by atoms with Crippen LogP contribution in [0.2, 0.25) is 0 Å². The van der Waals surface area contributed by atoms with Gasteiger partial charge >= 0.3 is 0 Å². The van der Waals surface area contributed by atoms with Crippen LogP contribution in [0.4, 0.5) is 0 Å². The van der Waals surface area contributed by atoms with Gasteiger partial charge in [0.1, 0.15) is 0 Å². The van der Waals surface area contributed by atoms with Crippen molar-refractivity contribution >= 4 is 0 Å². The Kier molecular flexibility index (Phi) is 5.62. The fourth-order valence-corrected chi connectivity index (χ4v) is 2.67. The second-order valence-corrected chi connectivity index (χ2v) is 5.08. The second-order valence-electron chi connectivity index (χ2n) is 5.08. The Bertz CT molecular complexity index is 354. The monoisotopic (exact) mass is 248 g/mol. The van der Waals surface area contributed by atoms with E-state index in [9.17, 15) is 0 Å². The van der Waals surface area contributed by atoms with Gasteiger partial charge in [-0.1, -0.05) is 18.9 Å². The van der Waals surface area contributed by atoms with Crippen LogP contribution >= 0.6 is 0 Å². The SMILES string of the molecule is OCCCCCCNC1CCCc2cccnc21. The van der Waals surface area contributed by atoms with E-state index in [1.165, 1.54) is 43.4 Å². The number of aliphatic hydroxyl groups excluding tert-OH is 1. The van der Waals surface area contributed by atoms with Gasteiger partial charge < -0.3 is 10.4 Å². The summed E-state index contributed by atoms with van der Waals surface area (Å²) in [5.41, 5.74) is 2.68. The number of aromatic nitrogens is 1. The molecular formula is C15H24N2O. The maximum absolute atomic E-state index is 8.71. The molecule has 0 fully saturated rings. The highest BCUT2D eigenvalue weighted by Gasteiger charge is 2.19. The van der Waals surface area contributed by atoms with Gasteiger partial charge in [-0.2, -0.15) is 0 Å². The van der Waals surface area contributed by atoms with Crippen molar-refractivity contribution in [3.8, 4) is 0 Å². The summed E-state index contributed by atoms with van der Waals surface area (Å²) in [5, 5.41) is 12.3. The van der Waals surface area contributed by atoms with Gasteiger partial charge in [-0.05, 0) is 50.3 Å². The number of aryl methyl sites for hydroxylation is 1. The standard InChI is InChI=1S/C15H24N2O/c18-12-4-2-1-3-10-16-14-9-5-7-13-8-6-11-17-15(13)14/h6,8,11,14,16,18H,1-5,7,9-10,12H2. The van der Waals surface area contributed by atoms with Crippen molar-refractivity contribution in [1.82, 2.24) is 10.3 Å². The largest absolute Gasteiger partial charge is 0.396 e. The first kappa shape index (κ1) is 13.5. The lowest BCUT2D eigenvalue weighted by Crippen LogP contribution is -2.27. The minimum Gasteiger partial charge on any atom is -0.396 e. The molecule has 100 valence electrons.